The zero-order chi connectivity index (χ0) is 17.6. The van der Waals surface area contributed by atoms with Crippen LogP contribution in [0.3, 0.4) is 0 Å². The van der Waals surface area contributed by atoms with Crippen molar-refractivity contribution in [2.45, 2.75) is 23.7 Å². The molecule has 0 aromatic carbocycles. The largest absolute Gasteiger partial charge is 0.394 e. The molecular weight excluding hydrogens is 325 g/mol. The maximum Gasteiger partial charge on any atom is 0.316 e. The molecule has 0 aliphatic rings. The van der Waals surface area contributed by atoms with E-state index >= 15 is 0 Å². The summed E-state index contributed by atoms with van der Waals surface area (Å²) in [6, 6.07) is 2.01. The van der Waals surface area contributed by atoms with Gasteiger partial charge in [0.25, 0.3) is 0 Å². The van der Waals surface area contributed by atoms with Crippen LogP contribution < -0.4 is 5.73 Å². The van der Waals surface area contributed by atoms with E-state index in [9.17, 15) is 0 Å². The molecular formula is C13H28NO6PSi. The normalized spacial score (nSPS) is 11.6. The molecule has 0 bridgehead atoms. The van der Waals surface area contributed by atoms with Gasteiger partial charge in [0.15, 0.2) is 0 Å². The van der Waals surface area contributed by atoms with Crippen LogP contribution in [-0.4, -0.2) is 58.8 Å². The van der Waals surface area contributed by atoms with Gasteiger partial charge in [0.1, 0.15) is 0 Å². The van der Waals surface area contributed by atoms with E-state index in [1.165, 1.54) is 0 Å². The van der Waals surface area contributed by atoms with Crippen LogP contribution in [-0.2, 0) is 4.21 Å². The number of nitrogens with two attached hydrogens (primary N) is 1. The van der Waals surface area contributed by atoms with Crippen LogP contribution in [0.15, 0.2) is 38.0 Å². The Labute approximate surface area is 134 Å². The van der Waals surface area contributed by atoms with Crippen LogP contribution in [0.1, 0.15) is 0 Å². The van der Waals surface area contributed by atoms with E-state index < -0.39 is 42.3 Å². The van der Waals surface area contributed by atoms with Crippen molar-refractivity contribution in [1.29, 1.82) is 0 Å². The Kier molecular flexibility index (Phi) is 14.2. The summed E-state index contributed by atoms with van der Waals surface area (Å²) >= 11 is 0. The minimum Gasteiger partial charge on any atom is -0.394 e. The first-order chi connectivity index (χ1) is 10.3. The summed E-state index contributed by atoms with van der Waals surface area (Å²) in [5.41, 5.74) is 3.94. The van der Waals surface area contributed by atoms with Crippen molar-refractivity contribution in [3.05, 3.63) is 38.0 Å². The lowest BCUT2D eigenvalue weighted by molar-refractivity contribution is 0.0697. The molecule has 7 N–H and O–H groups in total. The fourth-order valence-electron chi connectivity index (χ4n) is 1.47. The summed E-state index contributed by atoms with van der Waals surface area (Å²) in [4.78, 5) is 17.8. The fraction of sp³-hybridized carbons (Fsp3) is 0.538. The van der Waals surface area contributed by atoms with E-state index in [0.29, 0.717) is 18.1 Å². The molecule has 0 aromatic heterocycles. The van der Waals surface area contributed by atoms with Gasteiger partial charge in [0.05, 0.1) is 25.4 Å². The molecule has 0 unspecified atom stereocenters. The monoisotopic (exact) mass is 353 g/mol. The van der Waals surface area contributed by atoms with Crippen molar-refractivity contribution >= 4 is 16.9 Å². The highest BCUT2D eigenvalue weighted by molar-refractivity contribution is 7.41. The Morgan fingerprint density at radius 3 is 1.36 bits per heavy atom. The van der Waals surface area contributed by atoms with Crippen molar-refractivity contribution in [2.24, 2.45) is 5.73 Å². The van der Waals surface area contributed by atoms with Gasteiger partial charge in [-0.1, -0.05) is 18.2 Å². The Balaban J connectivity index is 0. The molecule has 0 rings (SSSR count). The molecule has 130 valence electrons. The van der Waals surface area contributed by atoms with Gasteiger partial charge in [-0.05, 0) is 18.1 Å². The van der Waals surface area contributed by atoms with Crippen LogP contribution in [0.4, 0.5) is 0 Å². The predicted octanol–water partition coefficient (Wildman–Crippen LogP) is 0.379. The second-order valence-corrected chi connectivity index (χ2v) is 9.67. The average molecular weight is 353 g/mol. The Morgan fingerprint density at radius 2 is 1.23 bits per heavy atom. The highest BCUT2D eigenvalue weighted by Gasteiger charge is 2.34. The lowest BCUT2D eigenvalue weighted by Gasteiger charge is -2.28. The van der Waals surface area contributed by atoms with E-state index in [4.69, 9.17) is 35.1 Å². The smallest absolute Gasteiger partial charge is 0.316 e. The lowest BCUT2D eigenvalue weighted by Crippen LogP contribution is -2.50. The highest BCUT2D eigenvalue weighted by Crippen LogP contribution is 2.37. The van der Waals surface area contributed by atoms with Crippen LogP contribution >= 0.6 is 8.60 Å². The van der Waals surface area contributed by atoms with E-state index in [1.807, 2.05) is 0 Å². The van der Waals surface area contributed by atoms with Gasteiger partial charge in [-0.15, -0.1) is 19.7 Å². The first-order valence-corrected chi connectivity index (χ1v) is 10.3. The molecule has 0 saturated heterocycles. The third-order valence-electron chi connectivity index (χ3n) is 2.77. The summed E-state index contributed by atoms with van der Waals surface area (Å²) in [6.45, 7) is 9.73. The Hall–Kier alpha value is -0.413. The third-order valence-corrected chi connectivity index (χ3v) is 8.07. The van der Waals surface area contributed by atoms with Crippen LogP contribution in [0.5, 0.6) is 0 Å². The maximum absolute atomic E-state index is 8.90. The molecule has 0 amide bonds. The molecule has 22 heavy (non-hydrogen) atoms. The van der Waals surface area contributed by atoms with Crippen LogP contribution in [0, 0.1) is 0 Å². The molecule has 0 atom stereocenters. The van der Waals surface area contributed by atoms with Crippen molar-refractivity contribution in [1.82, 2.24) is 0 Å². The second-order valence-electron chi connectivity index (χ2n) is 4.84. The first-order valence-electron chi connectivity index (χ1n) is 6.59. The zero-order valence-electron chi connectivity index (χ0n) is 12.8. The number of hydrogen-bond acceptors (Lipinski definition) is 7. The van der Waals surface area contributed by atoms with Crippen LogP contribution in [0.2, 0.25) is 18.1 Å². The fourth-order valence-corrected chi connectivity index (χ4v) is 5.83. The minimum atomic E-state index is -2.30. The molecule has 7 nitrogen and oxygen atoms in total. The molecule has 0 aliphatic heterocycles. The summed E-state index contributed by atoms with van der Waals surface area (Å²) < 4.78 is 5.26. The molecule has 0 spiro atoms. The number of allylic oxidation sites excluding steroid dienone is 3. The molecule has 0 heterocycles. The van der Waals surface area contributed by atoms with Crippen molar-refractivity contribution in [3.63, 3.8) is 0 Å². The van der Waals surface area contributed by atoms with E-state index in [1.54, 1.807) is 18.2 Å². The predicted molar refractivity (Wildman–Crippen MR) is 91.4 cm³/mol. The minimum absolute atomic E-state index is 0.403. The zero-order valence-corrected chi connectivity index (χ0v) is 14.7. The van der Waals surface area contributed by atoms with Crippen molar-refractivity contribution in [3.8, 4) is 0 Å². The Morgan fingerprint density at radius 1 is 0.909 bits per heavy atom. The number of aliphatic hydroxyl groups is 3. The molecule has 0 aliphatic carbocycles. The molecule has 9 heteroatoms. The summed E-state index contributed by atoms with van der Waals surface area (Å²) in [6.07, 6.45) is 5.24. The molecule has 0 fully saturated rings. The van der Waals surface area contributed by atoms with Gasteiger partial charge in [0.2, 0.25) is 8.32 Å². The van der Waals surface area contributed by atoms with Gasteiger partial charge < -0.3 is 35.1 Å². The van der Waals surface area contributed by atoms with E-state index in [0.717, 1.165) is 0 Å². The lowest BCUT2D eigenvalue weighted by atomic mass is 10.1. The number of rotatable bonds is 11. The van der Waals surface area contributed by atoms with Gasteiger partial charge in [-0.25, -0.2) is 0 Å². The van der Waals surface area contributed by atoms with Crippen LogP contribution in [0.25, 0.3) is 0 Å². The topological polar surface area (TPSA) is 136 Å². The number of aliphatic hydroxyl groups excluding tert-OH is 3. The SMILES string of the molecule is C=CC[Si](CC=C)(CC=C)OP(O)O.NC(CO)(CO)CO. The Bertz CT molecular complexity index is 291. The molecule has 0 aromatic rings. The summed E-state index contributed by atoms with van der Waals surface area (Å²) in [5.74, 6) is 0. The van der Waals surface area contributed by atoms with E-state index in [2.05, 4.69) is 19.7 Å². The summed E-state index contributed by atoms with van der Waals surface area (Å²) in [7, 11) is -4.49. The van der Waals surface area contributed by atoms with E-state index in [-0.39, 0.29) is 0 Å². The first kappa shape index (κ1) is 23.8. The van der Waals surface area contributed by atoms with Gasteiger partial charge in [-0.3, -0.25) is 0 Å². The molecule has 0 saturated carbocycles. The van der Waals surface area contributed by atoms with Gasteiger partial charge in [0, 0.05) is 0 Å². The van der Waals surface area contributed by atoms with Crippen molar-refractivity contribution < 1.29 is 29.3 Å². The summed E-state index contributed by atoms with van der Waals surface area (Å²) in [5, 5.41) is 25.0. The maximum atomic E-state index is 8.90. The molecule has 0 radical (unpaired) electrons. The van der Waals surface area contributed by atoms with Gasteiger partial charge in [-0.2, -0.15) is 0 Å². The standard InChI is InChI=1S/C9H17O3PSi.C4H11NO3/c1-4-7-14(8-5-2,9-6-3)12-13(10)11;5-4(1-6,2-7)3-8/h4-6,10-11H,1-3,7-9H2;6-8H,1-3,5H2. The number of hydrogen-bond donors (Lipinski definition) is 6. The average Bonchev–Trinajstić information content (AvgIpc) is 2.47. The quantitative estimate of drug-likeness (QED) is 0.179. The second kappa shape index (κ2) is 13.1. The van der Waals surface area contributed by atoms with Gasteiger partial charge >= 0.3 is 8.60 Å². The van der Waals surface area contributed by atoms with Crippen molar-refractivity contribution in [2.75, 3.05) is 19.8 Å². The highest BCUT2D eigenvalue weighted by atomic mass is 31.2. The third kappa shape index (κ3) is 10.3.